The molecule has 1 N–H and O–H groups in total. The molecule has 0 radical (unpaired) electrons. The molecular weight excluding hydrogens is 310 g/mol. The number of fused-ring (bicyclic) bond motifs is 1. The van der Waals surface area contributed by atoms with Gasteiger partial charge in [-0.2, -0.15) is 0 Å². The van der Waals surface area contributed by atoms with Crippen LogP contribution in [0.5, 0.6) is 0 Å². The minimum atomic E-state index is -0.380. The number of nitrogens with one attached hydrogen (secondary N) is 1. The van der Waals surface area contributed by atoms with Crippen molar-refractivity contribution >= 4 is 5.97 Å². The molecule has 136 valence electrons. The molecule has 1 saturated carbocycles. The fraction of sp³-hybridized carbons (Fsp3) is 0.682. The van der Waals surface area contributed by atoms with E-state index in [0.29, 0.717) is 12.5 Å². The highest BCUT2D eigenvalue weighted by Crippen LogP contribution is 2.42. The number of carbonyl (C=O) groups is 1. The molecule has 1 unspecified atom stereocenters. The summed E-state index contributed by atoms with van der Waals surface area (Å²) in [6.45, 7) is 3.29. The second kappa shape index (κ2) is 7.49. The lowest BCUT2D eigenvalue weighted by molar-refractivity contribution is -0.940. The second-order valence-corrected chi connectivity index (χ2v) is 8.42. The zero-order valence-electron chi connectivity index (χ0n) is 15.3. The first-order chi connectivity index (χ1) is 12.3. The van der Waals surface area contributed by atoms with E-state index in [2.05, 4.69) is 12.1 Å². The zero-order valence-corrected chi connectivity index (χ0v) is 15.3. The highest BCUT2D eigenvalue weighted by Gasteiger charge is 2.45. The highest BCUT2D eigenvalue weighted by molar-refractivity contribution is 5.83. The van der Waals surface area contributed by atoms with Gasteiger partial charge >= 0.3 is 5.97 Å². The van der Waals surface area contributed by atoms with Crippen LogP contribution in [0.3, 0.4) is 0 Å². The minimum Gasteiger partial charge on any atom is -0.464 e. The maximum Gasteiger partial charge on any atom is 0.316 e. The summed E-state index contributed by atoms with van der Waals surface area (Å²) in [5.74, 6) is 0.612. The third-order valence-corrected chi connectivity index (χ3v) is 7.03. The molecule has 25 heavy (non-hydrogen) atoms. The molecule has 2 saturated heterocycles. The number of piperidine rings is 2. The first-order valence-electron chi connectivity index (χ1n) is 10.4. The number of esters is 1. The molecule has 3 aliphatic rings. The van der Waals surface area contributed by atoms with E-state index < -0.39 is 0 Å². The number of rotatable bonds is 4. The van der Waals surface area contributed by atoms with Gasteiger partial charge in [-0.25, -0.2) is 0 Å². The van der Waals surface area contributed by atoms with Crippen LogP contribution >= 0.6 is 0 Å². The Morgan fingerprint density at radius 3 is 2.56 bits per heavy atom. The highest BCUT2D eigenvalue weighted by atomic mass is 16.5. The fourth-order valence-corrected chi connectivity index (χ4v) is 5.64. The predicted molar refractivity (Wildman–Crippen MR) is 98.6 cm³/mol. The maximum absolute atomic E-state index is 13.1. The third kappa shape index (κ3) is 3.36. The van der Waals surface area contributed by atoms with Gasteiger partial charge in [-0.05, 0) is 50.5 Å². The number of hydrogen-bond donors (Lipinski definition) is 1. The second-order valence-electron chi connectivity index (χ2n) is 8.42. The van der Waals surface area contributed by atoms with Crippen molar-refractivity contribution in [2.75, 3.05) is 19.7 Å². The van der Waals surface area contributed by atoms with E-state index in [-0.39, 0.29) is 11.4 Å². The summed E-state index contributed by atoms with van der Waals surface area (Å²) in [7, 11) is 0. The molecule has 3 fully saturated rings. The summed E-state index contributed by atoms with van der Waals surface area (Å²) in [4.78, 5) is 14.9. The lowest BCUT2D eigenvalue weighted by Gasteiger charge is -2.41. The van der Waals surface area contributed by atoms with Crippen molar-refractivity contribution in [3.8, 4) is 0 Å². The van der Waals surface area contributed by atoms with Crippen molar-refractivity contribution in [3.05, 3.63) is 35.9 Å². The Morgan fingerprint density at radius 2 is 1.76 bits per heavy atom. The third-order valence-electron chi connectivity index (χ3n) is 7.03. The van der Waals surface area contributed by atoms with Crippen LogP contribution in [0, 0.1) is 5.92 Å². The molecule has 4 rings (SSSR count). The topological polar surface area (TPSA) is 30.7 Å². The number of benzene rings is 1. The Labute approximate surface area is 151 Å². The summed E-state index contributed by atoms with van der Waals surface area (Å²) in [6, 6.07) is 11.1. The molecule has 3 heteroatoms. The van der Waals surface area contributed by atoms with Crippen LogP contribution in [0.4, 0.5) is 0 Å². The monoisotopic (exact) mass is 342 g/mol. The van der Waals surface area contributed by atoms with E-state index >= 15 is 0 Å². The van der Waals surface area contributed by atoms with Gasteiger partial charge in [0.05, 0.1) is 31.2 Å². The van der Waals surface area contributed by atoms with Crippen molar-refractivity contribution in [3.63, 3.8) is 0 Å². The van der Waals surface area contributed by atoms with Gasteiger partial charge in [-0.3, -0.25) is 4.79 Å². The van der Waals surface area contributed by atoms with Crippen LogP contribution in [-0.4, -0.2) is 31.7 Å². The largest absolute Gasteiger partial charge is 0.464 e. The number of quaternary nitrogens is 1. The van der Waals surface area contributed by atoms with Crippen molar-refractivity contribution in [1.29, 1.82) is 0 Å². The smallest absolute Gasteiger partial charge is 0.316 e. The molecule has 3 nitrogen and oxygen atoms in total. The van der Waals surface area contributed by atoms with Crippen molar-refractivity contribution in [1.82, 2.24) is 0 Å². The molecule has 1 aromatic rings. The molecule has 0 amide bonds. The predicted octanol–water partition coefficient (Wildman–Crippen LogP) is 2.89. The van der Waals surface area contributed by atoms with Crippen LogP contribution in [-0.2, 0) is 14.9 Å². The maximum atomic E-state index is 13.1. The van der Waals surface area contributed by atoms with E-state index in [9.17, 15) is 4.79 Å². The van der Waals surface area contributed by atoms with Gasteiger partial charge in [0.25, 0.3) is 0 Å². The number of ether oxygens (including phenoxy) is 1. The van der Waals surface area contributed by atoms with Gasteiger partial charge in [-0.15, -0.1) is 0 Å². The zero-order chi connectivity index (χ0) is 17.1. The lowest BCUT2D eigenvalue weighted by Crippen LogP contribution is -3.18. The molecule has 2 aliphatic heterocycles. The number of hydrogen-bond acceptors (Lipinski definition) is 2. The SMILES string of the molecule is O=C(OC[C@@H]1CCC[NH+]2CCCC[C@@H]12)C1(c2ccccc2)CCCC1. The molecule has 1 aliphatic carbocycles. The minimum absolute atomic E-state index is 0.0409. The Kier molecular flexibility index (Phi) is 5.12. The van der Waals surface area contributed by atoms with Crippen LogP contribution in [0.1, 0.15) is 63.4 Å². The Morgan fingerprint density at radius 1 is 1.00 bits per heavy atom. The van der Waals surface area contributed by atoms with Crippen LogP contribution < -0.4 is 4.90 Å². The van der Waals surface area contributed by atoms with Gasteiger partial charge in [0, 0.05) is 5.92 Å². The van der Waals surface area contributed by atoms with E-state index in [1.165, 1.54) is 45.2 Å². The molecule has 0 aromatic heterocycles. The summed E-state index contributed by atoms with van der Waals surface area (Å²) in [6.07, 6.45) is 10.7. The molecule has 0 spiro atoms. The summed E-state index contributed by atoms with van der Waals surface area (Å²) in [5.41, 5.74) is 0.778. The van der Waals surface area contributed by atoms with Gasteiger partial charge < -0.3 is 9.64 Å². The lowest BCUT2D eigenvalue weighted by atomic mass is 9.79. The molecular formula is C22H32NO2+. The van der Waals surface area contributed by atoms with Crippen LogP contribution in [0.25, 0.3) is 0 Å². The Bertz CT molecular complexity index is 577. The van der Waals surface area contributed by atoms with Gasteiger partial charge in [0.15, 0.2) is 0 Å². The van der Waals surface area contributed by atoms with Gasteiger partial charge in [0.1, 0.15) is 0 Å². The standard InChI is InChI=1S/C22H31NO2/c24-21(22(13-5-6-14-22)19-10-2-1-3-11-19)25-17-18-9-8-16-23-15-7-4-12-20(18)23/h1-3,10-11,18,20H,4-9,12-17H2/p+1/t18-,20-/m0/s1. The normalized spacial score (nSPS) is 31.3. The van der Waals surface area contributed by atoms with E-state index in [1.807, 2.05) is 18.2 Å². The van der Waals surface area contributed by atoms with Crippen molar-refractivity contribution in [2.24, 2.45) is 5.92 Å². The first kappa shape index (κ1) is 17.1. The van der Waals surface area contributed by atoms with Gasteiger partial charge in [-0.1, -0.05) is 43.2 Å². The Balaban J connectivity index is 1.44. The van der Waals surface area contributed by atoms with Crippen LogP contribution in [0.2, 0.25) is 0 Å². The quantitative estimate of drug-likeness (QED) is 0.853. The van der Waals surface area contributed by atoms with E-state index in [4.69, 9.17) is 4.74 Å². The van der Waals surface area contributed by atoms with E-state index in [1.54, 1.807) is 4.90 Å². The first-order valence-corrected chi connectivity index (χ1v) is 10.4. The van der Waals surface area contributed by atoms with Gasteiger partial charge in [0.2, 0.25) is 0 Å². The molecule has 1 aromatic carbocycles. The Hall–Kier alpha value is -1.35. The van der Waals surface area contributed by atoms with Crippen molar-refractivity contribution < 1.29 is 14.4 Å². The summed E-state index contributed by atoms with van der Waals surface area (Å²) < 4.78 is 6.02. The summed E-state index contributed by atoms with van der Waals surface area (Å²) in [5, 5.41) is 0. The average molecular weight is 343 g/mol. The average Bonchev–Trinajstić information content (AvgIpc) is 3.18. The number of carbonyl (C=O) groups excluding carboxylic acids is 1. The summed E-state index contributed by atoms with van der Waals surface area (Å²) >= 11 is 0. The molecule has 3 atom stereocenters. The van der Waals surface area contributed by atoms with Crippen LogP contribution in [0.15, 0.2) is 30.3 Å². The van der Waals surface area contributed by atoms with Crippen molar-refractivity contribution in [2.45, 2.75) is 69.2 Å². The fourth-order valence-electron chi connectivity index (χ4n) is 5.64. The van der Waals surface area contributed by atoms with E-state index in [0.717, 1.165) is 37.3 Å². The molecule has 2 heterocycles. The molecule has 0 bridgehead atoms.